The topological polar surface area (TPSA) is 142 Å². The summed E-state index contributed by atoms with van der Waals surface area (Å²) < 4.78 is 0. The van der Waals surface area contributed by atoms with Crippen LogP contribution in [0.3, 0.4) is 0 Å². The molecule has 2 aliphatic heterocycles. The normalized spacial score (nSPS) is 25.1. The number of nitrogens with zero attached hydrogens (tertiary/aromatic N) is 1. The third kappa shape index (κ3) is 4.19. The van der Waals surface area contributed by atoms with Gasteiger partial charge in [0.25, 0.3) is 0 Å². The summed E-state index contributed by atoms with van der Waals surface area (Å²) >= 11 is 0. The SMILES string of the molecule is NC(=O)[C@H](CC(=O)O)NC(=O)[C@@H]1CCCN1C(=O)[C@@H]1CCCN1. The highest BCUT2D eigenvalue weighted by Crippen LogP contribution is 2.21. The van der Waals surface area contributed by atoms with Gasteiger partial charge in [-0.3, -0.25) is 19.2 Å². The van der Waals surface area contributed by atoms with Crippen LogP contribution in [0.5, 0.6) is 0 Å². The first kappa shape index (κ1) is 17.2. The first-order chi connectivity index (χ1) is 10.9. The Kier molecular flexibility index (Phi) is 5.54. The second kappa shape index (κ2) is 7.40. The molecule has 128 valence electrons. The van der Waals surface area contributed by atoms with Crippen molar-refractivity contribution in [1.29, 1.82) is 0 Å². The number of carbonyl (C=O) groups excluding carboxylic acids is 3. The molecule has 5 N–H and O–H groups in total. The second-order valence-corrected chi connectivity index (χ2v) is 5.90. The van der Waals surface area contributed by atoms with Crippen molar-refractivity contribution in [3.8, 4) is 0 Å². The molecule has 0 unspecified atom stereocenters. The fourth-order valence-electron chi connectivity index (χ4n) is 3.06. The maximum atomic E-state index is 12.5. The van der Waals surface area contributed by atoms with Crippen molar-refractivity contribution in [2.24, 2.45) is 5.73 Å². The van der Waals surface area contributed by atoms with E-state index in [1.165, 1.54) is 4.90 Å². The zero-order chi connectivity index (χ0) is 17.0. The molecule has 0 aromatic heterocycles. The number of amides is 3. The van der Waals surface area contributed by atoms with Crippen molar-refractivity contribution in [3.63, 3.8) is 0 Å². The Bertz CT molecular complexity index is 503. The summed E-state index contributed by atoms with van der Waals surface area (Å²) in [6.45, 7) is 1.26. The van der Waals surface area contributed by atoms with E-state index in [-0.39, 0.29) is 11.9 Å². The largest absolute Gasteiger partial charge is 0.481 e. The Labute approximate surface area is 133 Å². The molecular weight excluding hydrogens is 304 g/mol. The minimum Gasteiger partial charge on any atom is -0.481 e. The lowest BCUT2D eigenvalue weighted by Crippen LogP contribution is -2.55. The predicted molar refractivity (Wildman–Crippen MR) is 79.1 cm³/mol. The first-order valence-corrected chi connectivity index (χ1v) is 7.75. The summed E-state index contributed by atoms with van der Waals surface area (Å²) in [5.74, 6) is -2.79. The Morgan fingerprint density at radius 3 is 2.57 bits per heavy atom. The molecule has 3 amide bonds. The highest BCUT2D eigenvalue weighted by atomic mass is 16.4. The van der Waals surface area contributed by atoms with Crippen molar-refractivity contribution in [1.82, 2.24) is 15.5 Å². The monoisotopic (exact) mass is 326 g/mol. The first-order valence-electron chi connectivity index (χ1n) is 7.75. The second-order valence-electron chi connectivity index (χ2n) is 5.90. The van der Waals surface area contributed by atoms with Gasteiger partial charge in [-0.15, -0.1) is 0 Å². The number of rotatable bonds is 6. The molecule has 9 heteroatoms. The zero-order valence-electron chi connectivity index (χ0n) is 12.8. The van der Waals surface area contributed by atoms with Gasteiger partial charge in [-0.05, 0) is 32.2 Å². The number of likely N-dealkylation sites (tertiary alicyclic amines) is 1. The Morgan fingerprint density at radius 2 is 2.00 bits per heavy atom. The van der Waals surface area contributed by atoms with E-state index in [2.05, 4.69) is 10.6 Å². The number of aliphatic carboxylic acids is 1. The summed E-state index contributed by atoms with van der Waals surface area (Å²) in [5.41, 5.74) is 5.12. The van der Waals surface area contributed by atoms with E-state index in [0.717, 1.165) is 19.4 Å². The van der Waals surface area contributed by atoms with E-state index in [1.807, 2.05) is 0 Å². The number of hydrogen-bond donors (Lipinski definition) is 4. The van der Waals surface area contributed by atoms with Crippen LogP contribution in [0.15, 0.2) is 0 Å². The molecule has 0 bridgehead atoms. The van der Waals surface area contributed by atoms with Gasteiger partial charge in [0.05, 0.1) is 12.5 Å². The molecule has 0 radical (unpaired) electrons. The van der Waals surface area contributed by atoms with Gasteiger partial charge in [-0.25, -0.2) is 0 Å². The molecule has 0 aromatic carbocycles. The lowest BCUT2D eigenvalue weighted by molar-refractivity contribution is -0.142. The molecule has 2 aliphatic rings. The number of carbonyl (C=O) groups is 4. The molecule has 2 rings (SSSR count). The Morgan fingerprint density at radius 1 is 1.26 bits per heavy atom. The highest BCUT2D eigenvalue weighted by Gasteiger charge is 2.38. The standard InChI is InChI=1S/C14H22N4O5/c15-12(21)9(7-11(19)20)17-13(22)10-4-2-6-18(10)14(23)8-3-1-5-16-8/h8-10,16H,1-7H2,(H2,15,21)(H,17,22)(H,19,20)/t8-,9-,10-/m0/s1. The van der Waals surface area contributed by atoms with Crippen molar-refractivity contribution in [3.05, 3.63) is 0 Å². The summed E-state index contributed by atoms with van der Waals surface area (Å²) in [6, 6.07) is -2.22. The van der Waals surface area contributed by atoms with Crippen LogP contribution in [0, 0.1) is 0 Å². The van der Waals surface area contributed by atoms with Crippen LogP contribution in [0.2, 0.25) is 0 Å². The van der Waals surface area contributed by atoms with E-state index in [0.29, 0.717) is 19.4 Å². The molecule has 0 aromatic rings. The van der Waals surface area contributed by atoms with Crippen LogP contribution in [0.4, 0.5) is 0 Å². The van der Waals surface area contributed by atoms with Crippen LogP contribution in [-0.2, 0) is 19.2 Å². The van der Waals surface area contributed by atoms with Gasteiger partial charge < -0.3 is 26.4 Å². The van der Waals surface area contributed by atoms with E-state index >= 15 is 0 Å². The lowest BCUT2D eigenvalue weighted by Gasteiger charge is -2.27. The maximum absolute atomic E-state index is 12.5. The minimum atomic E-state index is -1.28. The lowest BCUT2D eigenvalue weighted by atomic mass is 10.1. The van der Waals surface area contributed by atoms with Gasteiger partial charge in [0, 0.05) is 6.54 Å². The number of hydrogen-bond acceptors (Lipinski definition) is 5. The molecule has 0 aliphatic carbocycles. The molecule has 9 nitrogen and oxygen atoms in total. The van der Waals surface area contributed by atoms with Crippen LogP contribution in [-0.4, -0.2) is 64.9 Å². The van der Waals surface area contributed by atoms with Gasteiger partial charge in [0.1, 0.15) is 12.1 Å². The van der Waals surface area contributed by atoms with Crippen molar-refractivity contribution in [2.75, 3.05) is 13.1 Å². The number of primary amides is 1. The fraction of sp³-hybridized carbons (Fsp3) is 0.714. The fourth-order valence-corrected chi connectivity index (χ4v) is 3.06. The zero-order valence-corrected chi connectivity index (χ0v) is 12.8. The number of nitrogens with one attached hydrogen (secondary N) is 2. The maximum Gasteiger partial charge on any atom is 0.305 e. The summed E-state index contributed by atoms with van der Waals surface area (Å²) in [6.07, 6.45) is 2.27. The van der Waals surface area contributed by atoms with Crippen LogP contribution < -0.4 is 16.4 Å². The van der Waals surface area contributed by atoms with Gasteiger partial charge in [-0.2, -0.15) is 0 Å². The average Bonchev–Trinajstić information content (AvgIpc) is 3.16. The van der Waals surface area contributed by atoms with E-state index < -0.39 is 36.3 Å². The van der Waals surface area contributed by atoms with Crippen LogP contribution >= 0.6 is 0 Å². The minimum absolute atomic E-state index is 0.117. The van der Waals surface area contributed by atoms with Gasteiger partial charge in [0.15, 0.2) is 0 Å². The van der Waals surface area contributed by atoms with E-state index in [9.17, 15) is 19.2 Å². The molecule has 3 atom stereocenters. The van der Waals surface area contributed by atoms with Gasteiger partial charge in [-0.1, -0.05) is 0 Å². The third-order valence-corrected chi connectivity index (χ3v) is 4.24. The Hall–Kier alpha value is -2.16. The molecule has 0 saturated carbocycles. The summed E-state index contributed by atoms with van der Waals surface area (Å²) in [5, 5.41) is 14.2. The molecule has 2 fully saturated rings. The number of carboxylic acids is 1. The van der Waals surface area contributed by atoms with Crippen molar-refractivity contribution < 1.29 is 24.3 Å². The molecule has 2 saturated heterocycles. The van der Waals surface area contributed by atoms with Gasteiger partial charge >= 0.3 is 5.97 Å². The Balaban J connectivity index is 2.00. The quantitative estimate of drug-likeness (QED) is 0.452. The predicted octanol–water partition coefficient (Wildman–Crippen LogP) is -1.83. The van der Waals surface area contributed by atoms with Gasteiger partial charge in [0.2, 0.25) is 17.7 Å². The van der Waals surface area contributed by atoms with Crippen molar-refractivity contribution >= 4 is 23.7 Å². The van der Waals surface area contributed by atoms with E-state index in [4.69, 9.17) is 10.8 Å². The molecule has 2 heterocycles. The molecule has 0 spiro atoms. The summed E-state index contributed by atoms with van der Waals surface area (Å²) in [7, 11) is 0. The molecular formula is C14H22N4O5. The smallest absolute Gasteiger partial charge is 0.305 e. The number of nitrogens with two attached hydrogens (primary N) is 1. The van der Waals surface area contributed by atoms with Crippen LogP contribution in [0.1, 0.15) is 32.1 Å². The third-order valence-electron chi connectivity index (χ3n) is 4.24. The number of carboxylic acid groups (broad SMARTS) is 1. The average molecular weight is 326 g/mol. The molecule has 23 heavy (non-hydrogen) atoms. The highest BCUT2D eigenvalue weighted by molar-refractivity contribution is 5.94. The summed E-state index contributed by atoms with van der Waals surface area (Å²) in [4.78, 5) is 48.3. The van der Waals surface area contributed by atoms with Crippen LogP contribution in [0.25, 0.3) is 0 Å². The van der Waals surface area contributed by atoms with Crippen molar-refractivity contribution in [2.45, 2.75) is 50.2 Å². The van der Waals surface area contributed by atoms with E-state index in [1.54, 1.807) is 0 Å².